The molecule has 0 aliphatic carbocycles. The zero-order chi connectivity index (χ0) is 19.6. The predicted molar refractivity (Wildman–Crippen MR) is 109 cm³/mol. The number of benzene rings is 2. The van der Waals surface area contributed by atoms with E-state index < -0.39 is 0 Å². The molecule has 0 unspecified atom stereocenters. The number of hydrogen-bond acceptors (Lipinski definition) is 5. The Morgan fingerprint density at radius 1 is 0.963 bits per heavy atom. The first kappa shape index (κ1) is 20.9. The number of halogens is 1. The number of methoxy groups -OCH3 is 2. The zero-order valence-corrected chi connectivity index (χ0v) is 16.7. The van der Waals surface area contributed by atoms with E-state index in [9.17, 15) is 9.59 Å². The number of hydrogen-bond donors (Lipinski definition) is 2. The number of amides is 2. The second-order valence-electron chi connectivity index (χ2n) is 5.51. The first-order valence-electron chi connectivity index (χ1n) is 8.12. The van der Waals surface area contributed by atoms with Crippen LogP contribution in [0.3, 0.4) is 0 Å². The lowest BCUT2D eigenvalue weighted by molar-refractivity contribution is -0.118. The van der Waals surface area contributed by atoms with E-state index >= 15 is 0 Å². The summed E-state index contributed by atoms with van der Waals surface area (Å²) in [6, 6.07) is 12.3. The molecule has 27 heavy (non-hydrogen) atoms. The van der Waals surface area contributed by atoms with Crippen molar-refractivity contribution in [1.82, 2.24) is 5.32 Å². The molecule has 144 valence electrons. The predicted octanol–water partition coefficient (Wildman–Crippen LogP) is 3.35. The molecule has 0 bridgehead atoms. The van der Waals surface area contributed by atoms with Gasteiger partial charge in [0.05, 0.1) is 25.7 Å². The van der Waals surface area contributed by atoms with Gasteiger partial charge in [0, 0.05) is 17.3 Å². The lowest BCUT2D eigenvalue weighted by Crippen LogP contribution is -2.25. The van der Waals surface area contributed by atoms with Crippen LogP contribution in [-0.2, 0) is 16.1 Å². The van der Waals surface area contributed by atoms with Crippen molar-refractivity contribution in [2.75, 3.05) is 31.0 Å². The fourth-order valence-electron chi connectivity index (χ4n) is 2.21. The molecule has 8 heteroatoms. The Morgan fingerprint density at radius 3 is 2.30 bits per heavy atom. The minimum absolute atomic E-state index is 0.144. The van der Waals surface area contributed by atoms with E-state index in [4.69, 9.17) is 21.1 Å². The summed E-state index contributed by atoms with van der Waals surface area (Å²) >= 11 is 7.04. The topological polar surface area (TPSA) is 76.7 Å². The SMILES string of the molecule is COc1ccc(CNC(=O)CSCC(=O)Nc2ccc(Cl)cc2)cc1OC. The van der Waals surface area contributed by atoms with E-state index in [0.717, 1.165) is 5.56 Å². The van der Waals surface area contributed by atoms with Crippen molar-refractivity contribution in [3.05, 3.63) is 53.1 Å². The Labute approximate surface area is 167 Å². The molecular formula is C19H21ClN2O4S. The van der Waals surface area contributed by atoms with Gasteiger partial charge in [0.2, 0.25) is 11.8 Å². The molecule has 2 aromatic carbocycles. The number of carbonyl (C=O) groups excluding carboxylic acids is 2. The highest BCUT2D eigenvalue weighted by Crippen LogP contribution is 2.27. The van der Waals surface area contributed by atoms with E-state index in [2.05, 4.69) is 10.6 Å². The molecule has 2 N–H and O–H groups in total. The van der Waals surface area contributed by atoms with E-state index in [1.807, 2.05) is 12.1 Å². The lowest BCUT2D eigenvalue weighted by atomic mass is 10.2. The van der Waals surface area contributed by atoms with Gasteiger partial charge in [-0.15, -0.1) is 11.8 Å². The lowest BCUT2D eigenvalue weighted by Gasteiger charge is -2.10. The number of anilines is 1. The van der Waals surface area contributed by atoms with Gasteiger partial charge in [-0.1, -0.05) is 17.7 Å². The normalized spacial score (nSPS) is 10.2. The highest BCUT2D eigenvalue weighted by atomic mass is 35.5. The molecule has 6 nitrogen and oxygen atoms in total. The maximum atomic E-state index is 11.9. The third-order valence-electron chi connectivity index (χ3n) is 3.53. The summed E-state index contributed by atoms with van der Waals surface area (Å²) in [5, 5.41) is 6.17. The van der Waals surface area contributed by atoms with Crippen molar-refractivity contribution in [1.29, 1.82) is 0 Å². The van der Waals surface area contributed by atoms with Crippen LogP contribution >= 0.6 is 23.4 Å². The van der Waals surface area contributed by atoms with Crippen LogP contribution in [0.15, 0.2) is 42.5 Å². The number of ether oxygens (including phenoxy) is 2. The van der Waals surface area contributed by atoms with Crippen molar-refractivity contribution in [3.8, 4) is 11.5 Å². The average Bonchev–Trinajstić information content (AvgIpc) is 2.67. The maximum absolute atomic E-state index is 11.9. The molecule has 2 rings (SSSR count). The highest BCUT2D eigenvalue weighted by molar-refractivity contribution is 8.00. The quantitative estimate of drug-likeness (QED) is 0.665. The van der Waals surface area contributed by atoms with Crippen LogP contribution in [0.2, 0.25) is 5.02 Å². The number of carbonyl (C=O) groups is 2. The van der Waals surface area contributed by atoms with Crippen LogP contribution in [0.4, 0.5) is 5.69 Å². The van der Waals surface area contributed by atoms with Gasteiger partial charge in [-0.3, -0.25) is 9.59 Å². The summed E-state index contributed by atoms with van der Waals surface area (Å²) < 4.78 is 10.4. The van der Waals surface area contributed by atoms with Crippen molar-refractivity contribution >= 4 is 40.9 Å². The van der Waals surface area contributed by atoms with Crippen molar-refractivity contribution < 1.29 is 19.1 Å². The van der Waals surface area contributed by atoms with E-state index in [1.54, 1.807) is 44.6 Å². The molecule has 2 amide bonds. The molecule has 0 heterocycles. The van der Waals surface area contributed by atoms with Gasteiger partial charge < -0.3 is 20.1 Å². The van der Waals surface area contributed by atoms with Gasteiger partial charge in [0.1, 0.15) is 0 Å². The molecule has 0 radical (unpaired) electrons. The molecule has 0 aliphatic heterocycles. The minimum Gasteiger partial charge on any atom is -0.493 e. The fourth-order valence-corrected chi connectivity index (χ4v) is 2.98. The second-order valence-corrected chi connectivity index (χ2v) is 6.94. The summed E-state index contributed by atoms with van der Waals surface area (Å²) in [5.41, 5.74) is 1.56. The van der Waals surface area contributed by atoms with E-state index in [0.29, 0.717) is 28.8 Å². The van der Waals surface area contributed by atoms with Gasteiger partial charge in [-0.2, -0.15) is 0 Å². The summed E-state index contributed by atoms with van der Waals surface area (Å²) in [7, 11) is 3.13. The Balaban J connectivity index is 1.70. The Kier molecular flexibility index (Phi) is 8.29. The minimum atomic E-state index is -0.171. The van der Waals surface area contributed by atoms with Crippen LogP contribution in [0, 0.1) is 0 Å². The standard InChI is InChI=1S/C19H21ClN2O4S/c1-25-16-8-3-13(9-17(16)26-2)10-21-18(23)11-27-12-19(24)22-15-6-4-14(20)5-7-15/h3-9H,10-12H2,1-2H3,(H,21,23)(H,22,24). The van der Waals surface area contributed by atoms with Crippen LogP contribution < -0.4 is 20.1 Å². The molecule has 0 aliphatic rings. The van der Waals surface area contributed by atoms with E-state index in [1.165, 1.54) is 11.8 Å². The smallest absolute Gasteiger partial charge is 0.234 e. The zero-order valence-electron chi connectivity index (χ0n) is 15.1. The number of rotatable bonds is 9. The number of nitrogens with one attached hydrogen (secondary N) is 2. The molecule has 0 saturated heterocycles. The maximum Gasteiger partial charge on any atom is 0.234 e. The summed E-state index contributed by atoms with van der Waals surface area (Å²) in [5.74, 6) is 1.31. The Bertz CT molecular complexity index is 784. The second kappa shape index (κ2) is 10.7. The van der Waals surface area contributed by atoms with Crippen LogP contribution in [-0.4, -0.2) is 37.5 Å². The first-order chi connectivity index (χ1) is 13.0. The first-order valence-corrected chi connectivity index (χ1v) is 9.66. The van der Waals surface area contributed by atoms with Crippen molar-refractivity contribution in [3.63, 3.8) is 0 Å². The van der Waals surface area contributed by atoms with Crippen LogP contribution in [0.5, 0.6) is 11.5 Å². The highest BCUT2D eigenvalue weighted by Gasteiger charge is 2.08. The van der Waals surface area contributed by atoms with Gasteiger partial charge in [-0.05, 0) is 42.0 Å². The monoisotopic (exact) mass is 408 g/mol. The Hall–Kier alpha value is -2.38. The summed E-state index contributed by atoms with van der Waals surface area (Å²) in [6.07, 6.45) is 0. The molecule has 0 spiro atoms. The molecule has 0 fully saturated rings. The summed E-state index contributed by atoms with van der Waals surface area (Å²) in [4.78, 5) is 23.8. The average molecular weight is 409 g/mol. The molecular weight excluding hydrogens is 388 g/mol. The van der Waals surface area contributed by atoms with Gasteiger partial charge in [0.15, 0.2) is 11.5 Å². The molecule has 0 aromatic heterocycles. The van der Waals surface area contributed by atoms with Gasteiger partial charge in [0.25, 0.3) is 0 Å². The van der Waals surface area contributed by atoms with Crippen molar-refractivity contribution in [2.24, 2.45) is 0 Å². The Morgan fingerprint density at radius 2 is 1.63 bits per heavy atom. The number of thioether (sulfide) groups is 1. The molecule has 0 saturated carbocycles. The fraction of sp³-hybridized carbons (Fsp3) is 0.263. The van der Waals surface area contributed by atoms with Gasteiger partial charge in [-0.25, -0.2) is 0 Å². The van der Waals surface area contributed by atoms with Crippen LogP contribution in [0.25, 0.3) is 0 Å². The third-order valence-corrected chi connectivity index (χ3v) is 4.72. The van der Waals surface area contributed by atoms with Crippen LogP contribution in [0.1, 0.15) is 5.56 Å². The third kappa shape index (κ3) is 7.03. The largest absolute Gasteiger partial charge is 0.493 e. The van der Waals surface area contributed by atoms with Gasteiger partial charge >= 0.3 is 0 Å². The van der Waals surface area contributed by atoms with E-state index in [-0.39, 0.29) is 23.3 Å². The molecule has 2 aromatic rings. The summed E-state index contributed by atoms with van der Waals surface area (Å²) in [6.45, 7) is 0.372. The molecule has 0 atom stereocenters. The van der Waals surface area contributed by atoms with Crippen molar-refractivity contribution in [2.45, 2.75) is 6.54 Å².